The van der Waals surface area contributed by atoms with Crippen LogP contribution in [0.4, 0.5) is 0 Å². The number of hydrogen-bond donors (Lipinski definition) is 2. The van der Waals surface area contributed by atoms with E-state index >= 15 is 0 Å². The van der Waals surface area contributed by atoms with Crippen LogP contribution in [0.5, 0.6) is 11.5 Å². The van der Waals surface area contributed by atoms with Crippen molar-refractivity contribution in [1.82, 2.24) is 10.0 Å². The van der Waals surface area contributed by atoms with E-state index in [1.807, 2.05) is 20.1 Å². The van der Waals surface area contributed by atoms with Gasteiger partial charge in [-0.2, -0.15) is 16.5 Å². The number of fused-ring (bicyclic) bond motifs is 1. The van der Waals surface area contributed by atoms with Crippen LogP contribution in [0.3, 0.4) is 0 Å². The molecule has 0 bridgehead atoms. The number of carbonyl (C=O) groups is 1. The Kier molecular flexibility index (Phi) is 6.97. The summed E-state index contributed by atoms with van der Waals surface area (Å²) in [4.78, 5) is 12.4. The number of hydrogen-bond acceptors (Lipinski definition) is 6. The fourth-order valence-electron chi connectivity index (χ4n) is 2.31. The average molecular weight is 389 g/mol. The van der Waals surface area contributed by atoms with Crippen LogP contribution in [0.2, 0.25) is 0 Å². The number of amides is 1. The van der Waals surface area contributed by atoms with E-state index in [-0.39, 0.29) is 16.8 Å². The normalized spacial score (nSPS) is 15.0. The second kappa shape index (κ2) is 8.77. The van der Waals surface area contributed by atoms with Gasteiger partial charge in [0.15, 0.2) is 11.5 Å². The standard InChI is InChI=1S/C16H24N2O5S2/c1-11(2)17-16(19)13(6-9-24-3)18-25(20,21)12-4-5-14-15(10-12)23-8-7-22-14/h4-5,10-11,13,18H,6-9H2,1-3H3,(H,17,19)/t13-/m1/s1. The number of ether oxygens (including phenoxy) is 2. The fourth-order valence-corrected chi connectivity index (χ4v) is 4.03. The SMILES string of the molecule is CSCC[C@@H](NS(=O)(=O)c1ccc2c(c1)OCCO2)C(=O)NC(C)C. The second-order valence-electron chi connectivity index (χ2n) is 5.92. The molecular formula is C16H24N2O5S2. The molecule has 7 nitrogen and oxygen atoms in total. The molecule has 1 aliphatic heterocycles. The summed E-state index contributed by atoms with van der Waals surface area (Å²) in [5.41, 5.74) is 0. The molecule has 1 amide bonds. The van der Waals surface area contributed by atoms with Crippen molar-refractivity contribution in [2.45, 2.75) is 37.2 Å². The van der Waals surface area contributed by atoms with E-state index in [0.717, 1.165) is 0 Å². The highest BCUT2D eigenvalue weighted by Gasteiger charge is 2.27. The first-order valence-corrected chi connectivity index (χ1v) is 10.9. The summed E-state index contributed by atoms with van der Waals surface area (Å²) in [6.07, 6.45) is 2.32. The predicted octanol–water partition coefficient (Wildman–Crippen LogP) is 1.38. The van der Waals surface area contributed by atoms with Gasteiger partial charge in [0.05, 0.1) is 4.90 Å². The molecule has 140 valence electrons. The Morgan fingerprint density at radius 1 is 1.24 bits per heavy atom. The van der Waals surface area contributed by atoms with Gasteiger partial charge in [-0.05, 0) is 44.4 Å². The summed E-state index contributed by atoms with van der Waals surface area (Å²) >= 11 is 1.56. The van der Waals surface area contributed by atoms with E-state index in [1.54, 1.807) is 17.8 Å². The fraction of sp³-hybridized carbons (Fsp3) is 0.562. The summed E-state index contributed by atoms with van der Waals surface area (Å²) in [5.74, 6) is 1.24. The summed E-state index contributed by atoms with van der Waals surface area (Å²) in [6, 6.07) is 3.54. The van der Waals surface area contributed by atoms with Crippen molar-refractivity contribution in [2.75, 3.05) is 25.2 Å². The van der Waals surface area contributed by atoms with Crippen molar-refractivity contribution in [2.24, 2.45) is 0 Å². The van der Waals surface area contributed by atoms with Crippen molar-refractivity contribution in [3.05, 3.63) is 18.2 Å². The Balaban J connectivity index is 2.19. The van der Waals surface area contributed by atoms with Crippen LogP contribution in [-0.2, 0) is 14.8 Å². The second-order valence-corrected chi connectivity index (χ2v) is 8.62. The van der Waals surface area contributed by atoms with Crippen molar-refractivity contribution >= 4 is 27.7 Å². The van der Waals surface area contributed by atoms with Crippen molar-refractivity contribution < 1.29 is 22.7 Å². The lowest BCUT2D eigenvalue weighted by Gasteiger charge is -2.21. The average Bonchev–Trinajstić information content (AvgIpc) is 2.57. The molecule has 0 aromatic heterocycles. The number of benzene rings is 1. The third-order valence-corrected chi connectivity index (χ3v) is 5.59. The van der Waals surface area contributed by atoms with Gasteiger partial charge in [-0.3, -0.25) is 4.79 Å². The molecule has 1 aromatic rings. The zero-order valence-electron chi connectivity index (χ0n) is 14.6. The molecule has 1 aromatic carbocycles. The van der Waals surface area contributed by atoms with Crippen LogP contribution in [0.15, 0.2) is 23.1 Å². The summed E-state index contributed by atoms with van der Waals surface area (Å²) < 4.78 is 38.7. The van der Waals surface area contributed by atoms with E-state index in [1.165, 1.54) is 12.1 Å². The first-order chi connectivity index (χ1) is 11.8. The predicted molar refractivity (Wildman–Crippen MR) is 97.8 cm³/mol. The monoisotopic (exact) mass is 388 g/mol. The molecule has 25 heavy (non-hydrogen) atoms. The molecule has 0 aliphatic carbocycles. The summed E-state index contributed by atoms with van der Waals surface area (Å²) in [7, 11) is -3.86. The van der Waals surface area contributed by atoms with Crippen molar-refractivity contribution in [3.8, 4) is 11.5 Å². The molecule has 2 rings (SSSR count). The van der Waals surface area contributed by atoms with E-state index < -0.39 is 16.1 Å². The van der Waals surface area contributed by atoms with E-state index in [2.05, 4.69) is 10.0 Å². The Hall–Kier alpha value is -1.45. The Morgan fingerprint density at radius 2 is 1.92 bits per heavy atom. The van der Waals surface area contributed by atoms with Crippen molar-refractivity contribution in [3.63, 3.8) is 0 Å². The smallest absolute Gasteiger partial charge is 0.241 e. The first-order valence-electron chi connectivity index (χ1n) is 8.05. The largest absolute Gasteiger partial charge is 0.486 e. The Bertz CT molecular complexity index is 706. The molecule has 0 fully saturated rings. The Morgan fingerprint density at radius 3 is 2.56 bits per heavy atom. The molecule has 0 saturated heterocycles. The van der Waals surface area contributed by atoms with E-state index in [4.69, 9.17) is 9.47 Å². The van der Waals surface area contributed by atoms with Gasteiger partial charge in [0, 0.05) is 12.1 Å². The maximum Gasteiger partial charge on any atom is 0.241 e. The van der Waals surface area contributed by atoms with Crippen LogP contribution in [0.1, 0.15) is 20.3 Å². The van der Waals surface area contributed by atoms with Gasteiger partial charge in [0.25, 0.3) is 0 Å². The van der Waals surface area contributed by atoms with Gasteiger partial charge in [-0.25, -0.2) is 8.42 Å². The van der Waals surface area contributed by atoms with Crippen LogP contribution < -0.4 is 19.5 Å². The third kappa shape index (κ3) is 5.52. The van der Waals surface area contributed by atoms with Crippen molar-refractivity contribution in [1.29, 1.82) is 0 Å². The van der Waals surface area contributed by atoms with Crippen LogP contribution in [-0.4, -0.2) is 51.6 Å². The number of sulfonamides is 1. The van der Waals surface area contributed by atoms with Gasteiger partial charge < -0.3 is 14.8 Å². The Labute approximate surface area is 152 Å². The third-order valence-electron chi connectivity index (χ3n) is 3.48. The zero-order valence-corrected chi connectivity index (χ0v) is 16.2. The molecule has 0 saturated carbocycles. The maximum absolute atomic E-state index is 12.7. The first kappa shape index (κ1) is 19.9. The lowest BCUT2D eigenvalue weighted by Crippen LogP contribution is -2.48. The molecule has 0 radical (unpaired) electrons. The maximum atomic E-state index is 12.7. The number of carbonyl (C=O) groups excluding carboxylic acids is 1. The van der Waals surface area contributed by atoms with Gasteiger partial charge >= 0.3 is 0 Å². The highest BCUT2D eigenvalue weighted by atomic mass is 32.2. The lowest BCUT2D eigenvalue weighted by atomic mass is 10.2. The van der Waals surface area contributed by atoms with E-state index in [9.17, 15) is 13.2 Å². The molecule has 1 atom stereocenters. The minimum Gasteiger partial charge on any atom is -0.486 e. The molecule has 9 heteroatoms. The van der Waals surface area contributed by atoms with Crippen LogP contribution in [0, 0.1) is 0 Å². The quantitative estimate of drug-likeness (QED) is 0.699. The van der Waals surface area contributed by atoms with E-state index in [0.29, 0.717) is 36.9 Å². The number of nitrogens with one attached hydrogen (secondary N) is 2. The van der Waals surface area contributed by atoms with Crippen LogP contribution in [0.25, 0.3) is 0 Å². The molecule has 0 spiro atoms. The lowest BCUT2D eigenvalue weighted by molar-refractivity contribution is -0.123. The summed E-state index contributed by atoms with van der Waals surface area (Å²) in [6.45, 7) is 4.47. The number of rotatable bonds is 8. The topological polar surface area (TPSA) is 93.7 Å². The molecule has 2 N–H and O–H groups in total. The van der Waals surface area contributed by atoms with Gasteiger partial charge in [-0.15, -0.1) is 0 Å². The highest BCUT2D eigenvalue weighted by Crippen LogP contribution is 2.32. The minimum atomic E-state index is -3.86. The molecule has 1 heterocycles. The molecular weight excluding hydrogens is 364 g/mol. The minimum absolute atomic E-state index is 0.0447. The highest BCUT2D eigenvalue weighted by molar-refractivity contribution is 7.98. The molecule has 0 unspecified atom stereocenters. The molecule has 1 aliphatic rings. The van der Waals surface area contributed by atoms with Gasteiger partial charge in [0.1, 0.15) is 19.3 Å². The van der Waals surface area contributed by atoms with Gasteiger partial charge in [-0.1, -0.05) is 0 Å². The zero-order chi connectivity index (χ0) is 18.4. The van der Waals surface area contributed by atoms with Crippen LogP contribution >= 0.6 is 11.8 Å². The van der Waals surface area contributed by atoms with Gasteiger partial charge in [0.2, 0.25) is 15.9 Å². The summed E-state index contributed by atoms with van der Waals surface area (Å²) in [5, 5.41) is 2.76. The number of thioether (sulfide) groups is 1.